The molecule has 1 aromatic heterocycles. The molecule has 0 aromatic carbocycles. The molecule has 1 fully saturated rings. The van der Waals surface area contributed by atoms with E-state index in [1.54, 1.807) is 6.20 Å². The molecule has 0 N–H and O–H groups in total. The molecule has 21 heavy (non-hydrogen) atoms. The van der Waals surface area contributed by atoms with E-state index in [0.717, 1.165) is 30.2 Å². The van der Waals surface area contributed by atoms with E-state index in [4.69, 9.17) is 4.74 Å². The lowest BCUT2D eigenvalue weighted by Gasteiger charge is -2.31. The second-order valence-electron chi connectivity index (χ2n) is 6.12. The van der Waals surface area contributed by atoms with Crippen molar-refractivity contribution in [3.63, 3.8) is 0 Å². The zero-order valence-electron chi connectivity index (χ0n) is 13.6. The lowest BCUT2D eigenvalue weighted by Crippen LogP contribution is -2.41. The Morgan fingerprint density at radius 2 is 2.19 bits per heavy atom. The average molecular weight is 291 g/mol. The zero-order chi connectivity index (χ0) is 15.6. The molecule has 1 unspecified atom stereocenters. The Morgan fingerprint density at radius 1 is 1.48 bits per heavy atom. The molecule has 1 aliphatic rings. The van der Waals surface area contributed by atoms with Crippen LogP contribution in [0.3, 0.4) is 0 Å². The Balaban J connectivity index is 2.28. The number of carbonyl (C=O) groups is 1. The van der Waals surface area contributed by atoms with Gasteiger partial charge in [-0.2, -0.15) is 0 Å². The first kappa shape index (κ1) is 15.7. The summed E-state index contributed by atoms with van der Waals surface area (Å²) in [5.74, 6) is 1.04. The zero-order valence-corrected chi connectivity index (χ0v) is 13.6. The summed E-state index contributed by atoms with van der Waals surface area (Å²) in [6.07, 6.45) is 2.58. The summed E-state index contributed by atoms with van der Waals surface area (Å²) in [6, 6.07) is 0. The first-order valence-corrected chi connectivity index (χ1v) is 7.63. The standard InChI is InChI=1S/C16H25N3O2/c1-6-21-15(20)16(11(2)3)7-8-19(10-16)14-13(5)17-9-12(4)18-14/h9,11H,6-8,10H2,1-5H3. The number of hydrogen-bond donors (Lipinski definition) is 0. The Labute approximate surface area is 126 Å². The van der Waals surface area contributed by atoms with Crippen LogP contribution in [-0.4, -0.2) is 35.6 Å². The number of nitrogens with zero attached hydrogens (tertiary/aromatic N) is 3. The third-order valence-corrected chi connectivity index (χ3v) is 4.44. The van der Waals surface area contributed by atoms with Crippen molar-refractivity contribution in [1.29, 1.82) is 0 Å². The van der Waals surface area contributed by atoms with Crippen LogP contribution in [0.4, 0.5) is 5.82 Å². The molecule has 0 spiro atoms. The Kier molecular flexibility index (Phi) is 4.49. The number of aryl methyl sites for hydroxylation is 2. The van der Waals surface area contributed by atoms with E-state index in [0.29, 0.717) is 13.2 Å². The summed E-state index contributed by atoms with van der Waals surface area (Å²) in [5, 5.41) is 0. The minimum Gasteiger partial charge on any atom is -0.466 e. The minimum atomic E-state index is -0.437. The van der Waals surface area contributed by atoms with Gasteiger partial charge in [0.2, 0.25) is 0 Å². The fraction of sp³-hybridized carbons (Fsp3) is 0.688. The highest BCUT2D eigenvalue weighted by Crippen LogP contribution is 2.40. The number of hydrogen-bond acceptors (Lipinski definition) is 5. The third-order valence-electron chi connectivity index (χ3n) is 4.44. The molecule has 5 nitrogen and oxygen atoms in total. The molecule has 116 valence electrons. The van der Waals surface area contributed by atoms with Gasteiger partial charge in [-0.15, -0.1) is 0 Å². The number of aromatic nitrogens is 2. The summed E-state index contributed by atoms with van der Waals surface area (Å²) in [6.45, 7) is 11.8. The number of carbonyl (C=O) groups excluding carboxylic acids is 1. The van der Waals surface area contributed by atoms with Crippen molar-refractivity contribution in [2.24, 2.45) is 11.3 Å². The molecule has 0 bridgehead atoms. The number of ether oxygens (including phenoxy) is 1. The van der Waals surface area contributed by atoms with E-state index in [2.05, 4.69) is 28.7 Å². The monoisotopic (exact) mass is 291 g/mol. The van der Waals surface area contributed by atoms with Gasteiger partial charge < -0.3 is 9.64 Å². The highest BCUT2D eigenvalue weighted by molar-refractivity contribution is 5.79. The lowest BCUT2D eigenvalue weighted by atomic mass is 9.76. The Hall–Kier alpha value is -1.65. The molecule has 0 saturated carbocycles. The molecule has 5 heteroatoms. The van der Waals surface area contributed by atoms with E-state index in [1.807, 2.05) is 20.8 Å². The van der Waals surface area contributed by atoms with Gasteiger partial charge in [0, 0.05) is 19.3 Å². The van der Waals surface area contributed by atoms with Gasteiger partial charge in [-0.25, -0.2) is 4.98 Å². The largest absolute Gasteiger partial charge is 0.466 e. The maximum atomic E-state index is 12.5. The van der Waals surface area contributed by atoms with E-state index < -0.39 is 5.41 Å². The van der Waals surface area contributed by atoms with E-state index in [1.165, 1.54) is 0 Å². The highest BCUT2D eigenvalue weighted by Gasteiger charge is 2.48. The summed E-state index contributed by atoms with van der Waals surface area (Å²) in [5.41, 5.74) is 1.37. The molecular formula is C16H25N3O2. The van der Waals surface area contributed by atoms with Gasteiger partial charge in [0.1, 0.15) is 5.82 Å². The topological polar surface area (TPSA) is 55.3 Å². The first-order chi connectivity index (χ1) is 9.90. The molecule has 1 aliphatic heterocycles. The van der Waals surface area contributed by atoms with Gasteiger partial charge in [-0.05, 0) is 33.1 Å². The van der Waals surface area contributed by atoms with Crippen LogP contribution in [0.5, 0.6) is 0 Å². The second kappa shape index (κ2) is 6.00. The summed E-state index contributed by atoms with van der Waals surface area (Å²) in [7, 11) is 0. The fourth-order valence-corrected chi connectivity index (χ4v) is 2.99. The van der Waals surface area contributed by atoms with Gasteiger partial charge in [-0.1, -0.05) is 13.8 Å². The third kappa shape index (κ3) is 2.87. The molecule has 1 saturated heterocycles. The summed E-state index contributed by atoms with van der Waals surface area (Å²) >= 11 is 0. The minimum absolute atomic E-state index is 0.0826. The van der Waals surface area contributed by atoms with Crippen molar-refractivity contribution in [3.05, 3.63) is 17.6 Å². The van der Waals surface area contributed by atoms with E-state index in [9.17, 15) is 4.79 Å². The van der Waals surface area contributed by atoms with Gasteiger partial charge >= 0.3 is 5.97 Å². The van der Waals surface area contributed by atoms with Crippen LogP contribution < -0.4 is 4.90 Å². The van der Waals surface area contributed by atoms with Crippen LogP contribution in [0.2, 0.25) is 0 Å². The quantitative estimate of drug-likeness (QED) is 0.798. The van der Waals surface area contributed by atoms with E-state index >= 15 is 0 Å². The van der Waals surface area contributed by atoms with Crippen molar-refractivity contribution < 1.29 is 9.53 Å². The van der Waals surface area contributed by atoms with Crippen molar-refractivity contribution in [1.82, 2.24) is 9.97 Å². The van der Waals surface area contributed by atoms with Gasteiger partial charge in [0.05, 0.1) is 23.4 Å². The van der Waals surface area contributed by atoms with Crippen LogP contribution in [0.25, 0.3) is 0 Å². The number of esters is 1. The van der Waals surface area contributed by atoms with Crippen molar-refractivity contribution in [2.45, 2.75) is 41.0 Å². The Bertz CT molecular complexity index is 530. The SMILES string of the molecule is CCOC(=O)C1(C(C)C)CCN(c2nc(C)cnc2C)C1. The van der Waals surface area contributed by atoms with Crippen LogP contribution >= 0.6 is 0 Å². The fourth-order valence-electron chi connectivity index (χ4n) is 2.99. The van der Waals surface area contributed by atoms with Crippen molar-refractivity contribution in [2.75, 3.05) is 24.6 Å². The van der Waals surface area contributed by atoms with Crippen molar-refractivity contribution >= 4 is 11.8 Å². The van der Waals surface area contributed by atoms with Crippen molar-refractivity contribution in [3.8, 4) is 0 Å². The predicted octanol–water partition coefficient (Wildman–Crippen LogP) is 2.51. The second-order valence-corrected chi connectivity index (χ2v) is 6.12. The summed E-state index contributed by atoms with van der Waals surface area (Å²) < 4.78 is 5.33. The normalized spacial score (nSPS) is 21.9. The molecule has 1 aromatic rings. The summed E-state index contributed by atoms with van der Waals surface area (Å²) in [4.78, 5) is 23.6. The molecule has 2 rings (SSSR count). The number of anilines is 1. The molecular weight excluding hydrogens is 266 g/mol. The first-order valence-electron chi connectivity index (χ1n) is 7.63. The molecule has 2 heterocycles. The molecule has 0 amide bonds. The lowest BCUT2D eigenvalue weighted by molar-refractivity contribution is -0.156. The predicted molar refractivity (Wildman–Crippen MR) is 82.2 cm³/mol. The molecule has 0 aliphatic carbocycles. The van der Waals surface area contributed by atoms with Crippen LogP contribution in [0, 0.1) is 25.2 Å². The van der Waals surface area contributed by atoms with Gasteiger partial charge in [0.25, 0.3) is 0 Å². The van der Waals surface area contributed by atoms with Crippen LogP contribution in [0.1, 0.15) is 38.6 Å². The van der Waals surface area contributed by atoms with Gasteiger partial charge in [-0.3, -0.25) is 9.78 Å². The number of rotatable bonds is 4. The van der Waals surface area contributed by atoms with Crippen LogP contribution in [0.15, 0.2) is 6.20 Å². The smallest absolute Gasteiger partial charge is 0.314 e. The van der Waals surface area contributed by atoms with Gasteiger partial charge in [0.15, 0.2) is 0 Å². The van der Waals surface area contributed by atoms with Crippen LogP contribution in [-0.2, 0) is 9.53 Å². The maximum absolute atomic E-state index is 12.5. The highest BCUT2D eigenvalue weighted by atomic mass is 16.5. The maximum Gasteiger partial charge on any atom is 0.314 e. The molecule has 0 radical (unpaired) electrons. The molecule has 1 atom stereocenters. The average Bonchev–Trinajstić information content (AvgIpc) is 2.88. The Morgan fingerprint density at radius 3 is 2.81 bits per heavy atom. The van der Waals surface area contributed by atoms with E-state index in [-0.39, 0.29) is 11.9 Å².